The largest absolute Gasteiger partial charge is 0.480 e. The number of carbonyl (C=O) groups is 2. The maximum atomic E-state index is 12.0. The molecule has 1 aromatic heterocycles. The van der Waals surface area contributed by atoms with Crippen molar-refractivity contribution >= 4 is 22.8 Å². The third-order valence-electron chi connectivity index (χ3n) is 5.02. The Morgan fingerprint density at radius 2 is 1.84 bits per heavy atom. The predicted octanol–water partition coefficient (Wildman–Crippen LogP) is 1.64. The number of piperazine rings is 1. The first-order valence-corrected chi connectivity index (χ1v) is 8.43. The lowest BCUT2D eigenvalue weighted by Crippen LogP contribution is -2.49. The minimum absolute atomic E-state index is 0.198. The van der Waals surface area contributed by atoms with Gasteiger partial charge in [-0.1, -0.05) is 13.0 Å². The van der Waals surface area contributed by atoms with Crippen LogP contribution in [-0.4, -0.2) is 69.2 Å². The zero-order chi connectivity index (χ0) is 18.1. The highest BCUT2D eigenvalue weighted by Crippen LogP contribution is 2.31. The number of likely N-dealkylation sites (N-methyl/N-ethyl adjacent to an activating group) is 1. The lowest BCUT2D eigenvalue weighted by atomic mass is 10.0. The number of hydrogen-bond donors (Lipinski definition) is 2. The molecule has 0 radical (unpaired) electrons. The fraction of sp³-hybridized carbons (Fsp3) is 0.444. The van der Waals surface area contributed by atoms with E-state index in [0.29, 0.717) is 18.7 Å². The Kier molecular flexibility index (Phi) is 4.78. The minimum atomic E-state index is -0.991. The molecule has 1 atom stereocenters. The Hall–Kier alpha value is -2.38. The second-order valence-electron chi connectivity index (χ2n) is 6.44. The van der Waals surface area contributed by atoms with Crippen LogP contribution in [0.1, 0.15) is 28.9 Å². The summed E-state index contributed by atoms with van der Waals surface area (Å²) in [5, 5.41) is 19.8. The van der Waals surface area contributed by atoms with Crippen LogP contribution in [0.3, 0.4) is 0 Å². The molecule has 1 aliphatic heterocycles. The molecule has 2 aromatic rings. The van der Waals surface area contributed by atoms with Crippen LogP contribution in [0.2, 0.25) is 0 Å². The summed E-state index contributed by atoms with van der Waals surface area (Å²) in [5.41, 5.74) is 1.64. The third-order valence-corrected chi connectivity index (χ3v) is 5.02. The first kappa shape index (κ1) is 17.4. The van der Waals surface area contributed by atoms with Crippen LogP contribution in [0.5, 0.6) is 0 Å². The Balaban J connectivity index is 2.00. The molecule has 1 aliphatic rings. The number of aromatic nitrogens is 1. The predicted molar refractivity (Wildman–Crippen MR) is 93.9 cm³/mol. The zero-order valence-corrected chi connectivity index (χ0v) is 14.5. The molecule has 0 bridgehead atoms. The summed E-state index contributed by atoms with van der Waals surface area (Å²) in [6.45, 7) is 6.19. The Morgan fingerprint density at radius 3 is 2.40 bits per heavy atom. The quantitative estimate of drug-likeness (QED) is 0.857. The standard InChI is InChI=1S/C18H23N3O4/c1-3-20-6-8-21(9-7-20)16(18(24)25)14-11-19(2)15-10-12(17(22)23)4-5-13(14)15/h4-5,10-11,16H,3,6-9H2,1-2H3,(H,22,23)(H,24,25)/t16-/m0/s1. The summed E-state index contributed by atoms with van der Waals surface area (Å²) in [7, 11) is 1.81. The van der Waals surface area contributed by atoms with Crippen LogP contribution in [0.25, 0.3) is 10.9 Å². The molecule has 2 heterocycles. The zero-order valence-electron chi connectivity index (χ0n) is 14.5. The van der Waals surface area contributed by atoms with Crippen molar-refractivity contribution in [2.45, 2.75) is 13.0 Å². The highest BCUT2D eigenvalue weighted by Gasteiger charge is 2.32. The van der Waals surface area contributed by atoms with Crippen molar-refractivity contribution in [3.8, 4) is 0 Å². The van der Waals surface area contributed by atoms with Crippen LogP contribution < -0.4 is 0 Å². The Bertz CT molecular complexity index is 806. The average molecular weight is 345 g/mol. The van der Waals surface area contributed by atoms with E-state index in [2.05, 4.69) is 11.8 Å². The molecule has 0 amide bonds. The van der Waals surface area contributed by atoms with Crippen molar-refractivity contribution in [3.63, 3.8) is 0 Å². The average Bonchev–Trinajstić information content (AvgIpc) is 2.91. The van der Waals surface area contributed by atoms with Crippen molar-refractivity contribution in [1.82, 2.24) is 14.4 Å². The van der Waals surface area contributed by atoms with Crippen LogP contribution >= 0.6 is 0 Å². The fourth-order valence-electron chi connectivity index (χ4n) is 3.59. The van der Waals surface area contributed by atoms with E-state index in [1.54, 1.807) is 22.9 Å². The second kappa shape index (κ2) is 6.85. The topological polar surface area (TPSA) is 86.0 Å². The summed E-state index contributed by atoms with van der Waals surface area (Å²) in [5.74, 6) is -1.87. The minimum Gasteiger partial charge on any atom is -0.480 e. The highest BCUT2D eigenvalue weighted by molar-refractivity contribution is 5.96. The maximum absolute atomic E-state index is 12.0. The molecule has 3 rings (SSSR count). The van der Waals surface area contributed by atoms with E-state index in [9.17, 15) is 19.8 Å². The van der Waals surface area contributed by atoms with Gasteiger partial charge in [-0.15, -0.1) is 0 Å². The second-order valence-corrected chi connectivity index (χ2v) is 6.44. The number of rotatable bonds is 5. The molecule has 134 valence electrons. The Labute approximate surface area is 146 Å². The summed E-state index contributed by atoms with van der Waals surface area (Å²) in [6, 6.07) is 4.11. The fourth-order valence-corrected chi connectivity index (χ4v) is 3.59. The highest BCUT2D eigenvalue weighted by atomic mass is 16.4. The van der Waals surface area contributed by atoms with E-state index in [4.69, 9.17) is 0 Å². The van der Waals surface area contributed by atoms with Crippen LogP contribution in [-0.2, 0) is 11.8 Å². The van der Waals surface area contributed by atoms with Gasteiger partial charge in [0.25, 0.3) is 0 Å². The van der Waals surface area contributed by atoms with E-state index >= 15 is 0 Å². The van der Waals surface area contributed by atoms with E-state index in [1.807, 2.05) is 11.9 Å². The molecule has 1 saturated heterocycles. The number of aliphatic carboxylic acids is 1. The van der Waals surface area contributed by atoms with E-state index in [-0.39, 0.29) is 5.56 Å². The van der Waals surface area contributed by atoms with Crippen molar-refractivity contribution < 1.29 is 19.8 Å². The summed E-state index contributed by atoms with van der Waals surface area (Å²) in [6.07, 6.45) is 1.81. The van der Waals surface area contributed by atoms with Crippen LogP contribution in [0.15, 0.2) is 24.4 Å². The van der Waals surface area contributed by atoms with Gasteiger partial charge in [-0.2, -0.15) is 0 Å². The number of hydrogen-bond acceptors (Lipinski definition) is 4. The molecule has 7 nitrogen and oxygen atoms in total. The van der Waals surface area contributed by atoms with Crippen molar-refractivity contribution in [1.29, 1.82) is 0 Å². The molecular formula is C18H23N3O4. The molecular weight excluding hydrogens is 322 g/mol. The molecule has 25 heavy (non-hydrogen) atoms. The van der Waals surface area contributed by atoms with Crippen molar-refractivity contribution in [2.24, 2.45) is 7.05 Å². The maximum Gasteiger partial charge on any atom is 0.335 e. The number of aromatic carboxylic acids is 1. The van der Waals surface area contributed by atoms with Gasteiger partial charge in [-0.25, -0.2) is 4.79 Å². The number of fused-ring (bicyclic) bond motifs is 1. The molecule has 0 aliphatic carbocycles. The normalized spacial score (nSPS) is 17.7. The summed E-state index contributed by atoms with van der Waals surface area (Å²) >= 11 is 0. The van der Waals surface area contributed by atoms with Gasteiger partial charge >= 0.3 is 11.9 Å². The number of aryl methyl sites for hydroxylation is 1. The number of carboxylic acids is 2. The van der Waals surface area contributed by atoms with Gasteiger partial charge in [-0.05, 0) is 18.7 Å². The smallest absolute Gasteiger partial charge is 0.335 e. The summed E-state index contributed by atoms with van der Waals surface area (Å²) < 4.78 is 1.80. The van der Waals surface area contributed by atoms with E-state index in [0.717, 1.165) is 30.5 Å². The van der Waals surface area contributed by atoms with E-state index in [1.165, 1.54) is 6.07 Å². The first-order valence-electron chi connectivity index (χ1n) is 8.43. The lowest BCUT2D eigenvalue weighted by Gasteiger charge is -2.37. The monoisotopic (exact) mass is 345 g/mol. The first-order chi connectivity index (χ1) is 11.9. The van der Waals surface area contributed by atoms with Gasteiger partial charge in [0.05, 0.1) is 5.56 Å². The van der Waals surface area contributed by atoms with Crippen molar-refractivity contribution in [2.75, 3.05) is 32.7 Å². The van der Waals surface area contributed by atoms with Gasteiger partial charge in [0.15, 0.2) is 0 Å². The van der Waals surface area contributed by atoms with Gasteiger partial charge in [0.2, 0.25) is 0 Å². The van der Waals surface area contributed by atoms with Gasteiger partial charge < -0.3 is 19.7 Å². The SMILES string of the molecule is CCN1CCN([C@H](C(=O)O)c2cn(C)c3cc(C(=O)O)ccc23)CC1. The van der Waals surface area contributed by atoms with Crippen LogP contribution in [0, 0.1) is 0 Å². The molecule has 1 aromatic carbocycles. The van der Waals surface area contributed by atoms with Gasteiger partial charge in [0.1, 0.15) is 6.04 Å². The van der Waals surface area contributed by atoms with Crippen molar-refractivity contribution in [3.05, 3.63) is 35.5 Å². The number of benzene rings is 1. The third kappa shape index (κ3) is 3.25. The number of nitrogens with zero attached hydrogens (tertiary/aromatic N) is 3. The molecule has 0 saturated carbocycles. The molecule has 2 N–H and O–H groups in total. The lowest BCUT2D eigenvalue weighted by molar-refractivity contribution is -0.144. The molecule has 0 unspecified atom stereocenters. The Morgan fingerprint density at radius 1 is 1.16 bits per heavy atom. The summed E-state index contributed by atoms with van der Waals surface area (Å²) in [4.78, 5) is 27.5. The molecule has 1 fully saturated rings. The van der Waals surface area contributed by atoms with E-state index < -0.39 is 18.0 Å². The molecule has 7 heteroatoms. The molecule has 0 spiro atoms. The van der Waals surface area contributed by atoms with Gasteiger partial charge in [-0.3, -0.25) is 9.69 Å². The van der Waals surface area contributed by atoms with Gasteiger partial charge in [0, 0.05) is 55.9 Å². The van der Waals surface area contributed by atoms with Crippen LogP contribution in [0.4, 0.5) is 0 Å². The number of carboxylic acid groups (broad SMARTS) is 2.